The van der Waals surface area contributed by atoms with Crippen LogP contribution in [0.3, 0.4) is 0 Å². The number of nitrogens with one attached hydrogen (secondary N) is 1. The first-order chi connectivity index (χ1) is 11.5. The molecular formula is C16H13ClFN3O2S. The van der Waals surface area contributed by atoms with Crippen LogP contribution in [0.15, 0.2) is 30.7 Å². The normalized spacial score (nSPS) is 17.8. The van der Waals surface area contributed by atoms with Crippen LogP contribution in [0.5, 0.6) is 0 Å². The van der Waals surface area contributed by atoms with Crippen LogP contribution >= 0.6 is 23.4 Å². The minimum Gasteiger partial charge on any atom is -0.383 e. The molecule has 1 atom stereocenters. The smallest absolute Gasteiger partial charge is 0.255 e. The van der Waals surface area contributed by atoms with Crippen LogP contribution in [-0.4, -0.2) is 33.2 Å². The molecule has 0 amide bonds. The van der Waals surface area contributed by atoms with E-state index in [0.717, 1.165) is 11.8 Å². The highest BCUT2D eigenvalue weighted by Crippen LogP contribution is 2.29. The van der Waals surface area contributed by atoms with Crippen LogP contribution in [0.1, 0.15) is 6.42 Å². The largest absolute Gasteiger partial charge is 0.383 e. The zero-order valence-corrected chi connectivity index (χ0v) is 14.0. The number of rotatable bonds is 4. The quantitative estimate of drug-likeness (QED) is 0.662. The summed E-state index contributed by atoms with van der Waals surface area (Å²) in [6.07, 6.45) is 5.07. The molecular weight excluding hydrogens is 353 g/mol. The highest BCUT2D eigenvalue weighted by Gasteiger charge is 2.29. The van der Waals surface area contributed by atoms with Gasteiger partial charge in [-0.25, -0.2) is 4.98 Å². The lowest BCUT2D eigenvalue weighted by molar-refractivity contribution is -0.134. The van der Waals surface area contributed by atoms with E-state index in [4.69, 9.17) is 11.6 Å². The van der Waals surface area contributed by atoms with E-state index in [2.05, 4.69) is 15.3 Å². The third-order valence-corrected chi connectivity index (χ3v) is 4.90. The second-order valence-corrected chi connectivity index (χ2v) is 6.79. The Morgan fingerprint density at radius 3 is 2.96 bits per heavy atom. The van der Waals surface area contributed by atoms with E-state index in [1.807, 2.05) is 0 Å². The van der Waals surface area contributed by atoms with E-state index < -0.39 is 5.95 Å². The lowest BCUT2D eigenvalue weighted by Gasteiger charge is -2.19. The minimum atomic E-state index is -0.628. The molecule has 1 aliphatic rings. The highest BCUT2D eigenvalue weighted by molar-refractivity contribution is 8.15. The first kappa shape index (κ1) is 16.9. The molecule has 0 aromatic carbocycles. The van der Waals surface area contributed by atoms with Gasteiger partial charge in [0.2, 0.25) is 11.7 Å². The first-order valence-electron chi connectivity index (χ1n) is 7.26. The number of anilines is 1. The average Bonchev–Trinajstić information content (AvgIpc) is 2.58. The maximum absolute atomic E-state index is 13.3. The van der Waals surface area contributed by atoms with Crippen molar-refractivity contribution in [3.63, 3.8) is 0 Å². The molecule has 5 nitrogen and oxygen atoms in total. The van der Waals surface area contributed by atoms with Gasteiger partial charge in [0.15, 0.2) is 0 Å². The molecule has 2 aromatic heterocycles. The van der Waals surface area contributed by atoms with Crippen molar-refractivity contribution in [3.05, 3.63) is 41.7 Å². The van der Waals surface area contributed by atoms with Crippen molar-refractivity contribution in [1.29, 1.82) is 0 Å². The summed E-state index contributed by atoms with van der Waals surface area (Å²) in [5.41, 5.74) is 1.79. The number of nitrogens with zero attached hydrogens (tertiary/aromatic N) is 2. The Morgan fingerprint density at radius 2 is 2.12 bits per heavy atom. The predicted molar refractivity (Wildman–Crippen MR) is 91.5 cm³/mol. The lowest BCUT2D eigenvalue weighted by atomic mass is 10.0. The van der Waals surface area contributed by atoms with Gasteiger partial charge in [-0.3, -0.25) is 14.6 Å². The number of thioether (sulfide) groups is 1. The van der Waals surface area contributed by atoms with Gasteiger partial charge in [-0.15, -0.1) is 0 Å². The maximum atomic E-state index is 13.3. The molecule has 0 bridgehead atoms. The molecule has 0 aliphatic carbocycles. The van der Waals surface area contributed by atoms with E-state index in [1.165, 1.54) is 12.3 Å². The molecule has 1 saturated heterocycles. The number of halogens is 2. The number of hydrogen-bond donors (Lipinski definition) is 1. The van der Waals surface area contributed by atoms with E-state index in [9.17, 15) is 14.0 Å². The van der Waals surface area contributed by atoms with Gasteiger partial charge in [0.1, 0.15) is 0 Å². The van der Waals surface area contributed by atoms with Crippen molar-refractivity contribution < 1.29 is 14.0 Å². The Hall–Kier alpha value is -1.99. The molecule has 3 rings (SSSR count). The number of carbonyl (C=O) groups is 2. The number of Topliss-reactive ketones (excluding diaryl/α,β-unsaturated/α-hetero) is 1. The molecule has 24 heavy (non-hydrogen) atoms. The summed E-state index contributed by atoms with van der Waals surface area (Å²) in [7, 11) is 0. The van der Waals surface area contributed by atoms with Gasteiger partial charge in [0.05, 0.1) is 10.7 Å². The second kappa shape index (κ2) is 7.27. The Balaban J connectivity index is 1.75. The fraction of sp³-hybridized carbons (Fsp3) is 0.250. The zero-order valence-electron chi connectivity index (χ0n) is 12.5. The first-order valence-corrected chi connectivity index (χ1v) is 8.62. The molecule has 0 saturated carbocycles. The SMILES string of the molecule is O=C1SCCC(CNc2cncc(-c3cc(F)ncc3Cl)c2)C1=O. The Morgan fingerprint density at radius 1 is 1.29 bits per heavy atom. The van der Waals surface area contributed by atoms with Gasteiger partial charge in [0.25, 0.3) is 5.12 Å². The molecule has 2 aromatic rings. The fourth-order valence-electron chi connectivity index (χ4n) is 2.42. The molecule has 1 fully saturated rings. The number of pyridine rings is 2. The van der Waals surface area contributed by atoms with Crippen molar-refractivity contribution >= 4 is 39.9 Å². The van der Waals surface area contributed by atoms with Gasteiger partial charge in [0, 0.05) is 54.0 Å². The van der Waals surface area contributed by atoms with Crippen molar-refractivity contribution in [2.75, 3.05) is 17.6 Å². The van der Waals surface area contributed by atoms with Crippen molar-refractivity contribution in [2.45, 2.75) is 6.42 Å². The third kappa shape index (κ3) is 3.73. The van der Waals surface area contributed by atoms with Gasteiger partial charge >= 0.3 is 0 Å². The fourth-order valence-corrected chi connectivity index (χ4v) is 3.53. The molecule has 0 radical (unpaired) electrons. The summed E-state index contributed by atoms with van der Waals surface area (Å²) in [4.78, 5) is 30.9. The van der Waals surface area contributed by atoms with Gasteiger partial charge in [-0.2, -0.15) is 4.39 Å². The summed E-state index contributed by atoms with van der Waals surface area (Å²) in [6, 6.07) is 3.00. The molecule has 3 heterocycles. The minimum absolute atomic E-state index is 0.320. The molecule has 1 N–H and O–H groups in total. The molecule has 8 heteroatoms. The van der Waals surface area contributed by atoms with Gasteiger partial charge < -0.3 is 5.32 Å². The number of hydrogen-bond acceptors (Lipinski definition) is 6. The van der Waals surface area contributed by atoms with Crippen LogP contribution in [-0.2, 0) is 9.59 Å². The van der Waals surface area contributed by atoms with Crippen LogP contribution in [0.25, 0.3) is 11.1 Å². The monoisotopic (exact) mass is 365 g/mol. The molecule has 1 unspecified atom stereocenters. The van der Waals surface area contributed by atoms with Crippen LogP contribution in [0, 0.1) is 11.9 Å². The van der Waals surface area contributed by atoms with Gasteiger partial charge in [-0.1, -0.05) is 23.4 Å². The molecule has 0 spiro atoms. The van der Waals surface area contributed by atoms with E-state index in [1.54, 1.807) is 18.5 Å². The van der Waals surface area contributed by atoms with E-state index >= 15 is 0 Å². The number of ketones is 1. The Labute approximate surface area is 147 Å². The summed E-state index contributed by atoms with van der Waals surface area (Å²) in [6.45, 7) is 0.356. The second-order valence-electron chi connectivity index (χ2n) is 5.32. The predicted octanol–water partition coefficient (Wildman–Crippen LogP) is 3.20. The summed E-state index contributed by atoms with van der Waals surface area (Å²) in [5.74, 6) is -0.649. The highest BCUT2D eigenvalue weighted by atomic mass is 35.5. The van der Waals surface area contributed by atoms with E-state index in [0.29, 0.717) is 40.6 Å². The lowest BCUT2D eigenvalue weighted by Crippen LogP contribution is -2.32. The summed E-state index contributed by atoms with van der Waals surface area (Å²) >= 11 is 7.12. The number of carbonyl (C=O) groups excluding carboxylic acids is 2. The van der Waals surface area contributed by atoms with Gasteiger partial charge in [-0.05, 0) is 12.5 Å². The van der Waals surface area contributed by atoms with Crippen LogP contribution in [0.2, 0.25) is 5.02 Å². The summed E-state index contributed by atoms with van der Waals surface area (Å²) in [5, 5.41) is 3.06. The number of aromatic nitrogens is 2. The Bertz CT molecular complexity index is 803. The zero-order chi connectivity index (χ0) is 17.1. The summed E-state index contributed by atoms with van der Waals surface area (Å²) < 4.78 is 13.3. The van der Waals surface area contributed by atoms with Crippen molar-refractivity contribution in [1.82, 2.24) is 9.97 Å². The van der Waals surface area contributed by atoms with Crippen molar-refractivity contribution in [2.24, 2.45) is 5.92 Å². The van der Waals surface area contributed by atoms with Crippen molar-refractivity contribution in [3.8, 4) is 11.1 Å². The Kier molecular flexibility index (Phi) is 5.11. The van der Waals surface area contributed by atoms with E-state index in [-0.39, 0.29) is 16.8 Å². The standard InChI is InChI=1S/C16H13ClFN3O2S/c17-13-8-21-14(18)4-12(13)10-3-11(7-19-5-10)20-6-9-1-2-24-16(23)15(9)22/h3-5,7-9,20H,1-2,6H2. The molecule has 1 aliphatic heterocycles. The van der Waals surface area contributed by atoms with Crippen LogP contribution in [0.4, 0.5) is 10.1 Å². The average molecular weight is 366 g/mol. The third-order valence-electron chi connectivity index (χ3n) is 3.70. The molecule has 124 valence electrons. The topological polar surface area (TPSA) is 72.0 Å². The van der Waals surface area contributed by atoms with Crippen LogP contribution < -0.4 is 5.32 Å². The maximum Gasteiger partial charge on any atom is 0.255 e.